The van der Waals surface area contributed by atoms with Crippen molar-refractivity contribution >= 4 is 23.1 Å². The van der Waals surface area contributed by atoms with Gasteiger partial charge in [0.1, 0.15) is 5.82 Å². The molecular weight excluding hydrogens is 378 g/mol. The summed E-state index contributed by atoms with van der Waals surface area (Å²) >= 11 is 0. The molecule has 1 aromatic heterocycles. The first kappa shape index (κ1) is 20.6. The Morgan fingerprint density at radius 3 is 2.53 bits per heavy atom. The number of rotatable bonds is 5. The molecule has 0 spiro atoms. The van der Waals surface area contributed by atoms with Crippen molar-refractivity contribution in [1.82, 2.24) is 9.88 Å². The molecule has 160 valence electrons. The number of aryl methyl sites for hydroxylation is 1. The second-order valence-corrected chi connectivity index (χ2v) is 7.85. The number of likely N-dealkylation sites (N-methyl/N-ethyl adjacent to an activating group) is 1. The molecule has 0 radical (unpaired) electrons. The quantitative estimate of drug-likeness (QED) is 0.819. The molecule has 0 unspecified atom stereocenters. The highest BCUT2D eigenvalue weighted by atomic mass is 16.5. The molecule has 1 N–H and O–H groups in total. The molecule has 2 fully saturated rings. The molecule has 2 aliphatic rings. The van der Waals surface area contributed by atoms with Gasteiger partial charge in [0.25, 0.3) is 5.91 Å². The Balaban J connectivity index is 1.46. The van der Waals surface area contributed by atoms with Crippen molar-refractivity contribution in [3.8, 4) is 0 Å². The van der Waals surface area contributed by atoms with Gasteiger partial charge < -0.3 is 24.8 Å². The zero-order chi connectivity index (χ0) is 20.9. The number of anilines is 3. The second-order valence-electron chi connectivity index (χ2n) is 7.85. The smallest absolute Gasteiger partial charge is 0.259 e. The fraction of sp³-hybridized carbons (Fsp3) is 0.478. The van der Waals surface area contributed by atoms with E-state index in [4.69, 9.17) is 4.74 Å². The number of carbonyl (C=O) groups is 1. The minimum atomic E-state index is -0.128. The first-order valence-corrected chi connectivity index (χ1v) is 10.8. The van der Waals surface area contributed by atoms with E-state index in [1.807, 2.05) is 25.1 Å². The number of benzene rings is 1. The van der Waals surface area contributed by atoms with Crippen LogP contribution in [0.4, 0.5) is 17.2 Å². The van der Waals surface area contributed by atoms with Gasteiger partial charge in [0.2, 0.25) is 0 Å². The molecule has 0 aliphatic carbocycles. The van der Waals surface area contributed by atoms with E-state index >= 15 is 0 Å². The van der Waals surface area contributed by atoms with Crippen LogP contribution in [0.3, 0.4) is 0 Å². The van der Waals surface area contributed by atoms with Gasteiger partial charge in [0, 0.05) is 56.8 Å². The van der Waals surface area contributed by atoms with Crippen LogP contribution in [0.15, 0.2) is 36.5 Å². The fourth-order valence-electron chi connectivity index (χ4n) is 4.10. The second kappa shape index (κ2) is 9.45. The molecule has 1 aromatic carbocycles. The summed E-state index contributed by atoms with van der Waals surface area (Å²) in [6.45, 7) is 12.5. The first-order chi connectivity index (χ1) is 14.7. The minimum absolute atomic E-state index is 0.128. The van der Waals surface area contributed by atoms with Crippen LogP contribution in [0.1, 0.15) is 22.8 Å². The van der Waals surface area contributed by atoms with Gasteiger partial charge in [0.05, 0.1) is 18.8 Å². The van der Waals surface area contributed by atoms with Crippen molar-refractivity contribution in [2.75, 3.05) is 74.1 Å². The SMILES string of the molecule is CCN1CCN(c2ccc(NC(=O)c3cccnc3N3CCOCC3)c(C)c2)CC1. The molecule has 4 rings (SSSR count). The van der Waals surface area contributed by atoms with Gasteiger partial charge in [0.15, 0.2) is 0 Å². The normalized spacial score (nSPS) is 17.8. The number of ether oxygens (including phenoxy) is 1. The fourth-order valence-corrected chi connectivity index (χ4v) is 4.10. The molecular formula is C23H31N5O2. The van der Waals surface area contributed by atoms with Crippen LogP contribution in [0.5, 0.6) is 0 Å². The topological polar surface area (TPSA) is 60.9 Å². The Bertz CT molecular complexity index is 874. The van der Waals surface area contributed by atoms with E-state index in [-0.39, 0.29) is 5.91 Å². The third-order valence-corrected chi connectivity index (χ3v) is 5.98. The zero-order valence-electron chi connectivity index (χ0n) is 17.9. The maximum atomic E-state index is 13.1. The lowest BCUT2D eigenvalue weighted by Crippen LogP contribution is -2.46. The van der Waals surface area contributed by atoms with Gasteiger partial charge in [-0.15, -0.1) is 0 Å². The summed E-state index contributed by atoms with van der Waals surface area (Å²) in [4.78, 5) is 24.5. The van der Waals surface area contributed by atoms with Gasteiger partial charge in [-0.25, -0.2) is 4.98 Å². The third kappa shape index (κ3) is 4.57. The van der Waals surface area contributed by atoms with E-state index in [9.17, 15) is 4.79 Å². The molecule has 0 bridgehead atoms. The highest BCUT2D eigenvalue weighted by Gasteiger charge is 2.21. The van der Waals surface area contributed by atoms with E-state index < -0.39 is 0 Å². The number of morpholine rings is 1. The Morgan fingerprint density at radius 1 is 1.07 bits per heavy atom. The maximum absolute atomic E-state index is 13.1. The molecule has 7 nitrogen and oxygen atoms in total. The van der Waals surface area contributed by atoms with Crippen molar-refractivity contribution in [1.29, 1.82) is 0 Å². The molecule has 2 aliphatic heterocycles. The van der Waals surface area contributed by atoms with E-state index in [1.54, 1.807) is 6.20 Å². The number of hydrogen-bond donors (Lipinski definition) is 1. The van der Waals surface area contributed by atoms with Crippen LogP contribution in [0.25, 0.3) is 0 Å². The number of carbonyl (C=O) groups excluding carboxylic acids is 1. The van der Waals surface area contributed by atoms with Crippen LogP contribution in [0, 0.1) is 6.92 Å². The summed E-state index contributed by atoms with van der Waals surface area (Å²) in [7, 11) is 0. The van der Waals surface area contributed by atoms with Crippen molar-refractivity contribution in [3.05, 3.63) is 47.7 Å². The summed E-state index contributed by atoms with van der Waals surface area (Å²) in [5.41, 5.74) is 3.72. The summed E-state index contributed by atoms with van der Waals surface area (Å²) in [5.74, 6) is 0.596. The van der Waals surface area contributed by atoms with Gasteiger partial charge in [-0.05, 0) is 49.4 Å². The van der Waals surface area contributed by atoms with Crippen molar-refractivity contribution < 1.29 is 9.53 Å². The van der Waals surface area contributed by atoms with Crippen LogP contribution >= 0.6 is 0 Å². The van der Waals surface area contributed by atoms with E-state index in [0.29, 0.717) is 18.8 Å². The lowest BCUT2D eigenvalue weighted by atomic mass is 10.1. The van der Waals surface area contributed by atoms with Crippen LogP contribution in [0.2, 0.25) is 0 Å². The van der Waals surface area contributed by atoms with Gasteiger partial charge in [-0.2, -0.15) is 0 Å². The predicted molar refractivity (Wildman–Crippen MR) is 121 cm³/mol. The number of nitrogens with zero attached hydrogens (tertiary/aromatic N) is 4. The van der Waals surface area contributed by atoms with Gasteiger partial charge in [-0.1, -0.05) is 6.92 Å². The number of piperazine rings is 1. The average Bonchev–Trinajstić information content (AvgIpc) is 2.81. The van der Waals surface area contributed by atoms with Crippen molar-refractivity contribution in [3.63, 3.8) is 0 Å². The Labute approximate surface area is 178 Å². The number of nitrogens with one attached hydrogen (secondary N) is 1. The Kier molecular flexibility index (Phi) is 6.50. The maximum Gasteiger partial charge on any atom is 0.259 e. The number of pyridine rings is 1. The van der Waals surface area contributed by atoms with Gasteiger partial charge >= 0.3 is 0 Å². The lowest BCUT2D eigenvalue weighted by Gasteiger charge is -2.35. The molecule has 30 heavy (non-hydrogen) atoms. The highest BCUT2D eigenvalue weighted by Crippen LogP contribution is 2.25. The molecule has 3 heterocycles. The number of amides is 1. The largest absolute Gasteiger partial charge is 0.378 e. The number of hydrogen-bond acceptors (Lipinski definition) is 6. The van der Waals surface area contributed by atoms with Gasteiger partial charge in [-0.3, -0.25) is 4.79 Å². The van der Waals surface area contributed by atoms with Crippen molar-refractivity contribution in [2.24, 2.45) is 0 Å². The third-order valence-electron chi connectivity index (χ3n) is 5.98. The van der Waals surface area contributed by atoms with E-state index in [0.717, 1.165) is 62.9 Å². The predicted octanol–water partition coefficient (Wildman–Crippen LogP) is 2.62. The summed E-state index contributed by atoms with van der Waals surface area (Å²) in [5, 5.41) is 3.09. The Morgan fingerprint density at radius 2 is 1.83 bits per heavy atom. The number of aromatic nitrogens is 1. The summed E-state index contributed by atoms with van der Waals surface area (Å²) in [6, 6.07) is 9.94. The van der Waals surface area contributed by atoms with Crippen LogP contribution in [-0.2, 0) is 4.74 Å². The Hall–Kier alpha value is -2.64. The van der Waals surface area contributed by atoms with Crippen LogP contribution < -0.4 is 15.1 Å². The first-order valence-electron chi connectivity index (χ1n) is 10.8. The molecule has 0 atom stereocenters. The molecule has 2 saturated heterocycles. The highest BCUT2D eigenvalue weighted by molar-refractivity contribution is 6.08. The van der Waals surface area contributed by atoms with Crippen molar-refractivity contribution in [2.45, 2.75) is 13.8 Å². The molecule has 7 heteroatoms. The standard InChI is InChI=1S/C23H31N5O2/c1-3-26-9-11-27(12-10-26)19-6-7-21(18(2)17-19)25-23(29)20-5-4-8-24-22(20)28-13-15-30-16-14-28/h4-8,17H,3,9-16H2,1-2H3,(H,25,29). The minimum Gasteiger partial charge on any atom is -0.378 e. The monoisotopic (exact) mass is 409 g/mol. The molecule has 1 amide bonds. The summed E-state index contributed by atoms with van der Waals surface area (Å²) in [6.07, 6.45) is 1.74. The average molecular weight is 410 g/mol. The summed E-state index contributed by atoms with van der Waals surface area (Å²) < 4.78 is 5.43. The van der Waals surface area contributed by atoms with E-state index in [2.05, 4.69) is 44.1 Å². The lowest BCUT2D eigenvalue weighted by molar-refractivity contribution is 0.102. The van der Waals surface area contributed by atoms with Crippen LogP contribution in [-0.4, -0.2) is 74.8 Å². The zero-order valence-corrected chi connectivity index (χ0v) is 17.9. The molecule has 0 saturated carbocycles. The van der Waals surface area contributed by atoms with E-state index in [1.165, 1.54) is 5.69 Å². The molecule has 2 aromatic rings.